The first kappa shape index (κ1) is 7.22. The molecule has 0 spiro atoms. The molecule has 0 amide bonds. The minimum atomic E-state index is -0.524. The summed E-state index contributed by atoms with van der Waals surface area (Å²) in [5.41, 5.74) is 1.02. The second-order valence-electron chi connectivity index (χ2n) is 2.22. The fourth-order valence-corrected chi connectivity index (χ4v) is 0.791. The van der Waals surface area contributed by atoms with Crippen molar-refractivity contribution >= 4 is 0 Å². The van der Waals surface area contributed by atoms with Crippen molar-refractivity contribution < 1.29 is 5.11 Å². The van der Waals surface area contributed by atoms with E-state index in [2.05, 4.69) is 11.9 Å². The molecule has 1 aromatic rings. The number of pyridine rings is 1. The van der Waals surface area contributed by atoms with Crippen molar-refractivity contribution in [3.05, 3.63) is 37.0 Å². The van der Waals surface area contributed by atoms with Gasteiger partial charge in [0.1, 0.15) is 0 Å². The van der Waals surface area contributed by atoms with Gasteiger partial charge in [-0.3, -0.25) is 4.98 Å². The number of rotatable bonds is 2. The van der Waals surface area contributed by atoms with Gasteiger partial charge in [-0.2, -0.15) is 0 Å². The van der Waals surface area contributed by atoms with Crippen molar-refractivity contribution in [2.45, 2.75) is 12.5 Å². The van der Waals surface area contributed by atoms with Crippen LogP contribution in [0.25, 0.3) is 0 Å². The molecule has 0 saturated heterocycles. The Morgan fingerprint density at radius 1 is 1.70 bits per heavy atom. The SMILES string of the molecule is [CH2]C(O)Cc1cccnc1. The summed E-state index contributed by atoms with van der Waals surface area (Å²) >= 11 is 0. The van der Waals surface area contributed by atoms with Crippen LogP contribution in [0.3, 0.4) is 0 Å². The molecule has 2 nitrogen and oxygen atoms in total. The van der Waals surface area contributed by atoms with Gasteiger partial charge >= 0.3 is 0 Å². The summed E-state index contributed by atoms with van der Waals surface area (Å²) in [5.74, 6) is 0. The lowest BCUT2D eigenvalue weighted by Crippen LogP contribution is -2.04. The van der Waals surface area contributed by atoms with Crippen molar-refractivity contribution in [1.82, 2.24) is 4.98 Å². The van der Waals surface area contributed by atoms with Gasteiger partial charge in [-0.1, -0.05) is 6.07 Å². The lowest BCUT2D eigenvalue weighted by atomic mass is 10.1. The van der Waals surface area contributed by atoms with Crippen LogP contribution >= 0.6 is 0 Å². The van der Waals surface area contributed by atoms with Gasteiger partial charge in [0, 0.05) is 12.4 Å². The van der Waals surface area contributed by atoms with Crippen molar-refractivity contribution in [3.63, 3.8) is 0 Å². The zero-order chi connectivity index (χ0) is 7.40. The Labute approximate surface area is 60.5 Å². The average Bonchev–Trinajstić information content (AvgIpc) is 1.88. The topological polar surface area (TPSA) is 33.1 Å². The Morgan fingerprint density at radius 3 is 3.00 bits per heavy atom. The Balaban J connectivity index is 2.59. The first-order chi connectivity index (χ1) is 4.79. The number of aliphatic hydroxyl groups is 1. The minimum Gasteiger partial charge on any atom is -0.393 e. The van der Waals surface area contributed by atoms with Gasteiger partial charge in [-0.05, 0) is 25.0 Å². The van der Waals surface area contributed by atoms with E-state index in [-0.39, 0.29) is 0 Å². The highest BCUT2D eigenvalue weighted by Gasteiger charge is 1.96. The van der Waals surface area contributed by atoms with Crippen LogP contribution < -0.4 is 0 Å². The molecule has 0 aliphatic rings. The largest absolute Gasteiger partial charge is 0.393 e. The third-order valence-corrected chi connectivity index (χ3v) is 1.19. The van der Waals surface area contributed by atoms with E-state index in [0.717, 1.165) is 5.56 Å². The maximum absolute atomic E-state index is 8.87. The smallest absolute Gasteiger partial charge is 0.0582 e. The average molecular weight is 136 g/mol. The van der Waals surface area contributed by atoms with E-state index in [1.807, 2.05) is 12.1 Å². The van der Waals surface area contributed by atoms with E-state index in [1.54, 1.807) is 12.4 Å². The highest BCUT2D eigenvalue weighted by molar-refractivity contribution is 5.09. The molecule has 0 aliphatic heterocycles. The molecule has 0 aliphatic carbocycles. The summed E-state index contributed by atoms with van der Waals surface area (Å²) in [5, 5.41) is 8.87. The van der Waals surface area contributed by atoms with Gasteiger partial charge in [0.25, 0.3) is 0 Å². The first-order valence-corrected chi connectivity index (χ1v) is 3.19. The van der Waals surface area contributed by atoms with Gasteiger partial charge < -0.3 is 5.11 Å². The highest BCUT2D eigenvalue weighted by atomic mass is 16.3. The predicted molar refractivity (Wildman–Crippen MR) is 39.3 cm³/mol. The second kappa shape index (κ2) is 3.32. The molecule has 10 heavy (non-hydrogen) atoms. The molecule has 0 fully saturated rings. The molecule has 1 unspecified atom stereocenters. The molecule has 1 N–H and O–H groups in total. The van der Waals surface area contributed by atoms with Crippen molar-refractivity contribution in [1.29, 1.82) is 0 Å². The molecule has 0 aromatic carbocycles. The number of aliphatic hydroxyl groups excluding tert-OH is 1. The summed E-state index contributed by atoms with van der Waals surface area (Å²) in [6.07, 6.45) is 3.49. The molecule has 53 valence electrons. The molecule has 0 bridgehead atoms. The van der Waals surface area contributed by atoms with Crippen LogP contribution in [-0.2, 0) is 6.42 Å². The predicted octanol–water partition coefficient (Wildman–Crippen LogP) is 0.819. The standard InChI is InChI=1S/C8H10NO/c1-7(10)5-8-3-2-4-9-6-8/h2-4,6-7,10H,1,5H2. The third-order valence-electron chi connectivity index (χ3n) is 1.19. The minimum absolute atomic E-state index is 0.524. The second-order valence-corrected chi connectivity index (χ2v) is 2.22. The Morgan fingerprint density at radius 2 is 2.50 bits per heavy atom. The number of hydrogen-bond acceptors (Lipinski definition) is 2. The lowest BCUT2D eigenvalue weighted by Gasteiger charge is -2.01. The maximum Gasteiger partial charge on any atom is 0.0582 e. The van der Waals surface area contributed by atoms with Crippen molar-refractivity contribution in [3.8, 4) is 0 Å². The third kappa shape index (κ3) is 2.15. The molecule has 1 atom stereocenters. The van der Waals surface area contributed by atoms with E-state index in [9.17, 15) is 0 Å². The fraction of sp³-hybridized carbons (Fsp3) is 0.250. The zero-order valence-electron chi connectivity index (χ0n) is 5.70. The Hall–Kier alpha value is -0.890. The van der Waals surface area contributed by atoms with Crippen molar-refractivity contribution in [2.24, 2.45) is 0 Å². The van der Waals surface area contributed by atoms with Gasteiger partial charge in [0.2, 0.25) is 0 Å². The molecular weight excluding hydrogens is 126 g/mol. The Bertz CT molecular complexity index is 184. The van der Waals surface area contributed by atoms with Crippen LogP contribution in [0.2, 0.25) is 0 Å². The fourth-order valence-electron chi connectivity index (χ4n) is 0.791. The van der Waals surface area contributed by atoms with Crippen LogP contribution in [0, 0.1) is 6.92 Å². The van der Waals surface area contributed by atoms with Gasteiger partial charge in [0.15, 0.2) is 0 Å². The van der Waals surface area contributed by atoms with Crippen LogP contribution in [0.15, 0.2) is 24.5 Å². The molecule has 2 heteroatoms. The van der Waals surface area contributed by atoms with E-state index in [0.29, 0.717) is 6.42 Å². The van der Waals surface area contributed by atoms with Crippen LogP contribution in [0.1, 0.15) is 5.56 Å². The number of nitrogens with zero attached hydrogens (tertiary/aromatic N) is 1. The summed E-state index contributed by atoms with van der Waals surface area (Å²) < 4.78 is 0. The Kier molecular flexibility index (Phi) is 2.40. The molecule has 1 heterocycles. The molecule has 1 aromatic heterocycles. The quantitative estimate of drug-likeness (QED) is 0.653. The van der Waals surface area contributed by atoms with Crippen LogP contribution in [0.5, 0.6) is 0 Å². The monoisotopic (exact) mass is 136 g/mol. The molecule has 1 radical (unpaired) electrons. The molecule has 0 saturated carbocycles. The van der Waals surface area contributed by atoms with Gasteiger partial charge in [0.05, 0.1) is 6.10 Å². The van der Waals surface area contributed by atoms with Crippen LogP contribution in [-0.4, -0.2) is 16.2 Å². The zero-order valence-corrected chi connectivity index (χ0v) is 5.70. The van der Waals surface area contributed by atoms with Gasteiger partial charge in [-0.15, -0.1) is 0 Å². The molecular formula is C8H10NO. The molecule has 1 rings (SSSR count). The number of aromatic nitrogens is 1. The lowest BCUT2D eigenvalue weighted by molar-refractivity contribution is 0.221. The van der Waals surface area contributed by atoms with Crippen molar-refractivity contribution in [2.75, 3.05) is 0 Å². The van der Waals surface area contributed by atoms with Gasteiger partial charge in [-0.25, -0.2) is 0 Å². The summed E-state index contributed by atoms with van der Waals surface area (Å²) in [7, 11) is 0. The van der Waals surface area contributed by atoms with E-state index in [4.69, 9.17) is 5.11 Å². The number of hydrogen-bond donors (Lipinski definition) is 1. The van der Waals surface area contributed by atoms with Crippen LogP contribution in [0.4, 0.5) is 0 Å². The highest BCUT2D eigenvalue weighted by Crippen LogP contribution is 1.99. The van der Waals surface area contributed by atoms with E-state index in [1.165, 1.54) is 0 Å². The normalized spacial score (nSPS) is 13.0. The summed E-state index contributed by atoms with van der Waals surface area (Å²) in [6.45, 7) is 3.46. The van der Waals surface area contributed by atoms with E-state index >= 15 is 0 Å². The summed E-state index contributed by atoms with van der Waals surface area (Å²) in [6, 6.07) is 3.76. The summed E-state index contributed by atoms with van der Waals surface area (Å²) in [4.78, 5) is 3.90. The van der Waals surface area contributed by atoms with E-state index < -0.39 is 6.10 Å². The maximum atomic E-state index is 8.87. The first-order valence-electron chi connectivity index (χ1n) is 3.19.